The van der Waals surface area contributed by atoms with Crippen LogP contribution in [0.2, 0.25) is 0 Å². The van der Waals surface area contributed by atoms with Crippen LogP contribution in [0.15, 0.2) is 24.3 Å². The number of rotatable bonds is 4. The Balaban J connectivity index is 2.90. The molecule has 0 heterocycles. The molecule has 4 nitrogen and oxygen atoms in total. The van der Waals surface area contributed by atoms with Crippen LogP contribution in [0.4, 0.5) is 0 Å². The summed E-state index contributed by atoms with van der Waals surface area (Å²) in [4.78, 5) is 20.9. The van der Waals surface area contributed by atoms with E-state index in [2.05, 4.69) is 0 Å². The number of hydrogen-bond acceptors (Lipinski definition) is 2. The van der Waals surface area contributed by atoms with Crippen LogP contribution in [0.3, 0.4) is 0 Å². The number of benzene rings is 1. The summed E-state index contributed by atoms with van der Waals surface area (Å²) in [5, 5.41) is 17.2. The Kier molecular flexibility index (Phi) is 3.23. The first-order valence-electron chi connectivity index (χ1n) is 4.10. The van der Waals surface area contributed by atoms with Crippen molar-refractivity contribution in [1.82, 2.24) is 0 Å². The van der Waals surface area contributed by atoms with Gasteiger partial charge in [-0.1, -0.05) is 24.3 Å². The molecule has 74 valence electrons. The molecule has 0 aliphatic rings. The second-order valence-corrected chi connectivity index (χ2v) is 2.91. The molecule has 1 aromatic rings. The number of aliphatic carboxylic acids is 2. The van der Waals surface area contributed by atoms with Gasteiger partial charge in [0.05, 0.1) is 12.8 Å². The normalized spacial score (nSPS) is 9.71. The van der Waals surface area contributed by atoms with Gasteiger partial charge in [0.2, 0.25) is 0 Å². The highest BCUT2D eigenvalue weighted by Gasteiger charge is 2.08. The van der Waals surface area contributed by atoms with Crippen molar-refractivity contribution in [2.45, 2.75) is 12.8 Å². The SMILES string of the molecule is O=C(O)Cc1ccccc1CC(=O)O. The van der Waals surface area contributed by atoms with Crippen LogP contribution >= 0.6 is 0 Å². The van der Waals surface area contributed by atoms with Gasteiger partial charge >= 0.3 is 11.9 Å². The highest BCUT2D eigenvalue weighted by atomic mass is 16.4. The van der Waals surface area contributed by atoms with Crippen molar-refractivity contribution >= 4 is 11.9 Å². The minimum absolute atomic E-state index is 0.135. The first-order chi connectivity index (χ1) is 6.59. The zero-order valence-corrected chi connectivity index (χ0v) is 7.43. The van der Waals surface area contributed by atoms with Gasteiger partial charge in [-0.15, -0.1) is 0 Å². The molecule has 0 unspecified atom stereocenters. The van der Waals surface area contributed by atoms with Gasteiger partial charge in [0, 0.05) is 0 Å². The van der Waals surface area contributed by atoms with Crippen molar-refractivity contribution in [2.24, 2.45) is 0 Å². The molecule has 0 amide bonds. The smallest absolute Gasteiger partial charge is 0.307 e. The molecule has 2 N–H and O–H groups in total. The molecular weight excluding hydrogens is 184 g/mol. The van der Waals surface area contributed by atoms with Gasteiger partial charge < -0.3 is 10.2 Å². The van der Waals surface area contributed by atoms with E-state index in [-0.39, 0.29) is 12.8 Å². The molecule has 0 atom stereocenters. The number of hydrogen-bond donors (Lipinski definition) is 2. The van der Waals surface area contributed by atoms with Crippen LogP contribution in [0.5, 0.6) is 0 Å². The van der Waals surface area contributed by atoms with E-state index in [0.717, 1.165) is 0 Å². The number of carboxylic acids is 2. The third-order valence-corrected chi connectivity index (χ3v) is 1.80. The van der Waals surface area contributed by atoms with E-state index in [4.69, 9.17) is 10.2 Å². The average molecular weight is 194 g/mol. The summed E-state index contributed by atoms with van der Waals surface area (Å²) in [7, 11) is 0. The lowest BCUT2D eigenvalue weighted by atomic mass is 10.0. The van der Waals surface area contributed by atoms with E-state index in [1.807, 2.05) is 0 Å². The fraction of sp³-hybridized carbons (Fsp3) is 0.200. The maximum Gasteiger partial charge on any atom is 0.307 e. The second kappa shape index (κ2) is 4.41. The summed E-state index contributed by atoms with van der Waals surface area (Å²) in [5.74, 6) is -1.91. The van der Waals surface area contributed by atoms with E-state index in [1.54, 1.807) is 24.3 Å². The third-order valence-electron chi connectivity index (χ3n) is 1.80. The van der Waals surface area contributed by atoms with E-state index in [9.17, 15) is 9.59 Å². The Morgan fingerprint density at radius 3 is 1.57 bits per heavy atom. The lowest BCUT2D eigenvalue weighted by molar-refractivity contribution is -0.137. The topological polar surface area (TPSA) is 74.6 Å². The largest absolute Gasteiger partial charge is 0.481 e. The zero-order chi connectivity index (χ0) is 10.6. The van der Waals surface area contributed by atoms with E-state index in [0.29, 0.717) is 11.1 Å². The Morgan fingerprint density at radius 2 is 1.29 bits per heavy atom. The summed E-state index contributed by atoms with van der Waals surface area (Å²) in [6, 6.07) is 6.66. The molecule has 0 aliphatic carbocycles. The number of carbonyl (C=O) groups is 2. The van der Waals surface area contributed by atoms with Crippen molar-refractivity contribution in [2.75, 3.05) is 0 Å². The molecule has 1 rings (SSSR count). The van der Waals surface area contributed by atoms with Crippen LogP contribution < -0.4 is 0 Å². The van der Waals surface area contributed by atoms with Gasteiger partial charge in [-0.05, 0) is 11.1 Å². The van der Waals surface area contributed by atoms with Crippen LogP contribution in [-0.4, -0.2) is 22.2 Å². The molecule has 0 spiro atoms. The molecule has 0 fully saturated rings. The lowest BCUT2D eigenvalue weighted by Crippen LogP contribution is -2.07. The Hall–Kier alpha value is -1.84. The van der Waals surface area contributed by atoms with E-state index < -0.39 is 11.9 Å². The Bertz CT molecular complexity index is 322. The molecule has 1 aromatic carbocycles. The van der Waals surface area contributed by atoms with Crippen molar-refractivity contribution < 1.29 is 19.8 Å². The van der Waals surface area contributed by atoms with Gasteiger partial charge in [-0.3, -0.25) is 9.59 Å². The van der Waals surface area contributed by atoms with Crippen LogP contribution in [0.25, 0.3) is 0 Å². The average Bonchev–Trinajstić information content (AvgIpc) is 2.06. The van der Waals surface area contributed by atoms with E-state index in [1.165, 1.54) is 0 Å². The fourth-order valence-electron chi connectivity index (χ4n) is 1.23. The van der Waals surface area contributed by atoms with Gasteiger partial charge in [-0.25, -0.2) is 0 Å². The second-order valence-electron chi connectivity index (χ2n) is 2.91. The summed E-state index contributed by atoms with van der Waals surface area (Å²) in [6.45, 7) is 0. The van der Waals surface area contributed by atoms with Crippen molar-refractivity contribution in [3.05, 3.63) is 35.4 Å². The Morgan fingerprint density at radius 1 is 0.929 bits per heavy atom. The molecule has 0 aromatic heterocycles. The highest BCUT2D eigenvalue weighted by Crippen LogP contribution is 2.10. The predicted molar refractivity (Wildman–Crippen MR) is 49.1 cm³/mol. The minimum atomic E-state index is -0.956. The summed E-state index contributed by atoms with van der Waals surface area (Å²) in [6.07, 6.45) is -0.271. The third kappa shape index (κ3) is 2.90. The molecule has 0 radical (unpaired) electrons. The molecule has 0 saturated carbocycles. The summed E-state index contributed by atoms with van der Waals surface area (Å²) < 4.78 is 0. The van der Waals surface area contributed by atoms with Gasteiger partial charge in [-0.2, -0.15) is 0 Å². The Labute approximate surface area is 80.8 Å². The van der Waals surface area contributed by atoms with Gasteiger partial charge in [0.1, 0.15) is 0 Å². The molecule has 14 heavy (non-hydrogen) atoms. The first-order valence-corrected chi connectivity index (χ1v) is 4.10. The van der Waals surface area contributed by atoms with Crippen LogP contribution in [0.1, 0.15) is 11.1 Å². The monoisotopic (exact) mass is 194 g/mol. The summed E-state index contributed by atoms with van der Waals surface area (Å²) >= 11 is 0. The van der Waals surface area contributed by atoms with Crippen molar-refractivity contribution in [1.29, 1.82) is 0 Å². The maximum atomic E-state index is 10.5. The maximum absolute atomic E-state index is 10.5. The molecule has 4 heteroatoms. The first kappa shape index (κ1) is 10.2. The quantitative estimate of drug-likeness (QED) is 0.748. The van der Waals surface area contributed by atoms with E-state index >= 15 is 0 Å². The molecule has 0 saturated heterocycles. The van der Waals surface area contributed by atoms with Crippen molar-refractivity contribution in [3.63, 3.8) is 0 Å². The minimum Gasteiger partial charge on any atom is -0.481 e. The van der Waals surface area contributed by atoms with Gasteiger partial charge in [0.15, 0.2) is 0 Å². The predicted octanol–water partition coefficient (Wildman–Crippen LogP) is 0.941. The molecule has 0 aliphatic heterocycles. The fourth-order valence-corrected chi connectivity index (χ4v) is 1.23. The van der Waals surface area contributed by atoms with Crippen LogP contribution in [0, 0.1) is 0 Å². The zero-order valence-electron chi connectivity index (χ0n) is 7.43. The number of carboxylic acid groups (broad SMARTS) is 2. The lowest BCUT2D eigenvalue weighted by Gasteiger charge is -2.04. The standard InChI is InChI=1S/C10H10O4/c11-9(12)5-7-3-1-2-4-8(7)6-10(13)14/h1-4H,5-6H2,(H,11,12)(H,13,14). The highest BCUT2D eigenvalue weighted by molar-refractivity contribution is 5.74. The van der Waals surface area contributed by atoms with Crippen LogP contribution in [-0.2, 0) is 22.4 Å². The molecule has 0 bridgehead atoms. The summed E-state index contributed by atoms with van der Waals surface area (Å²) in [5.41, 5.74) is 1.12. The molecular formula is C10H10O4. The van der Waals surface area contributed by atoms with Gasteiger partial charge in [0.25, 0.3) is 0 Å². The van der Waals surface area contributed by atoms with Crippen molar-refractivity contribution in [3.8, 4) is 0 Å².